The van der Waals surface area contributed by atoms with E-state index in [2.05, 4.69) is 22.0 Å². The summed E-state index contributed by atoms with van der Waals surface area (Å²) < 4.78 is 11.8. The number of nitrogens with zero attached hydrogens (tertiary/aromatic N) is 1. The second kappa shape index (κ2) is 5.76. The Balaban J connectivity index is 3.22. The lowest BCUT2D eigenvalue weighted by molar-refractivity contribution is 0.228. The summed E-state index contributed by atoms with van der Waals surface area (Å²) in [5.41, 5.74) is 0.836. The fourth-order valence-electron chi connectivity index (χ4n) is 1.36. The van der Waals surface area contributed by atoms with Crippen molar-refractivity contribution < 1.29 is 9.47 Å². The van der Waals surface area contributed by atoms with Gasteiger partial charge in [0.15, 0.2) is 11.5 Å². The van der Waals surface area contributed by atoms with Crippen molar-refractivity contribution in [3.63, 3.8) is 0 Å². The largest absolute Gasteiger partial charge is 0.493 e. The number of benzene rings is 1. The summed E-state index contributed by atoms with van der Waals surface area (Å²) in [6.45, 7) is 3.88. The molecule has 0 saturated carbocycles. The molecule has 4 heteroatoms. The zero-order valence-corrected chi connectivity index (χ0v) is 11.2. The zero-order chi connectivity index (χ0) is 12.1. The Morgan fingerprint density at radius 2 is 2.12 bits per heavy atom. The molecule has 3 nitrogen and oxygen atoms in total. The van der Waals surface area contributed by atoms with E-state index in [1.54, 1.807) is 7.11 Å². The molecule has 0 aliphatic heterocycles. The Labute approximate surface area is 104 Å². The molecule has 0 aliphatic rings. The highest BCUT2D eigenvalue weighted by molar-refractivity contribution is 9.10. The molecule has 0 spiro atoms. The summed E-state index contributed by atoms with van der Waals surface area (Å²) in [6, 6.07) is 5.83. The van der Waals surface area contributed by atoms with Crippen molar-refractivity contribution in [3.05, 3.63) is 22.2 Å². The fraction of sp³-hybridized carbons (Fsp3) is 0.417. The van der Waals surface area contributed by atoms with Crippen LogP contribution in [0.4, 0.5) is 0 Å². The molecule has 0 aromatic heterocycles. The van der Waals surface area contributed by atoms with Gasteiger partial charge in [0, 0.05) is 10.0 Å². The molecule has 86 valence electrons. The number of rotatable bonds is 4. The van der Waals surface area contributed by atoms with Crippen molar-refractivity contribution in [2.45, 2.75) is 26.4 Å². The highest BCUT2D eigenvalue weighted by Crippen LogP contribution is 2.35. The van der Waals surface area contributed by atoms with Gasteiger partial charge in [0.1, 0.15) is 0 Å². The molecular formula is C12H14BrNO2. The van der Waals surface area contributed by atoms with Crippen molar-refractivity contribution >= 4 is 15.9 Å². The molecule has 16 heavy (non-hydrogen) atoms. The Bertz CT molecular complexity index is 410. The second-order valence-electron chi connectivity index (χ2n) is 3.60. The first kappa shape index (κ1) is 12.9. The van der Waals surface area contributed by atoms with E-state index in [0.717, 1.165) is 10.0 Å². The van der Waals surface area contributed by atoms with E-state index < -0.39 is 0 Å². The van der Waals surface area contributed by atoms with E-state index in [1.807, 2.05) is 26.0 Å². The van der Waals surface area contributed by atoms with Crippen LogP contribution in [0.3, 0.4) is 0 Å². The van der Waals surface area contributed by atoms with Crippen LogP contribution >= 0.6 is 15.9 Å². The molecule has 0 radical (unpaired) electrons. The van der Waals surface area contributed by atoms with E-state index in [4.69, 9.17) is 14.7 Å². The average molecular weight is 284 g/mol. The van der Waals surface area contributed by atoms with Gasteiger partial charge in [-0.25, -0.2) is 0 Å². The van der Waals surface area contributed by atoms with E-state index in [-0.39, 0.29) is 6.10 Å². The minimum atomic E-state index is 0.0486. The first-order valence-electron chi connectivity index (χ1n) is 4.98. The lowest BCUT2D eigenvalue weighted by Crippen LogP contribution is -2.08. The standard InChI is InChI=1S/C12H14BrNO2/c1-8(2)16-12-9(4-5-14)6-10(13)7-11(12)15-3/h6-8H,4H2,1-3H3. The molecule has 0 saturated heterocycles. The number of nitriles is 1. The van der Waals surface area contributed by atoms with Crippen molar-refractivity contribution in [1.29, 1.82) is 5.26 Å². The molecule has 1 aromatic carbocycles. The molecular weight excluding hydrogens is 270 g/mol. The summed E-state index contributed by atoms with van der Waals surface area (Å²) in [5.74, 6) is 1.30. The minimum absolute atomic E-state index is 0.0486. The van der Waals surface area contributed by atoms with Gasteiger partial charge in [-0.05, 0) is 26.0 Å². The van der Waals surface area contributed by atoms with Gasteiger partial charge in [0.25, 0.3) is 0 Å². The highest BCUT2D eigenvalue weighted by Gasteiger charge is 2.13. The number of hydrogen-bond acceptors (Lipinski definition) is 3. The normalized spacial score (nSPS) is 10.0. The number of halogens is 1. The van der Waals surface area contributed by atoms with Crippen LogP contribution in [-0.2, 0) is 6.42 Å². The topological polar surface area (TPSA) is 42.2 Å². The Morgan fingerprint density at radius 1 is 1.44 bits per heavy atom. The molecule has 0 unspecified atom stereocenters. The predicted octanol–water partition coefficient (Wildman–Crippen LogP) is 3.31. The van der Waals surface area contributed by atoms with Crippen LogP contribution in [0.2, 0.25) is 0 Å². The first-order valence-corrected chi connectivity index (χ1v) is 5.77. The van der Waals surface area contributed by atoms with Crippen molar-refractivity contribution in [3.8, 4) is 17.6 Å². The summed E-state index contributed by atoms with van der Waals surface area (Å²) in [7, 11) is 1.59. The molecule has 0 aliphatic carbocycles. The molecule has 1 rings (SSSR count). The number of methoxy groups -OCH3 is 1. The third-order valence-corrected chi connectivity index (χ3v) is 2.40. The Morgan fingerprint density at radius 3 is 2.62 bits per heavy atom. The Hall–Kier alpha value is -1.21. The summed E-state index contributed by atoms with van der Waals surface area (Å²) in [5, 5.41) is 8.77. The fourth-order valence-corrected chi connectivity index (χ4v) is 1.84. The number of ether oxygens (including phenoxy) is 2. The van der Waals surface area contributed by atoms with Gasteiger partial charge in [0.2, 0.25) is 0 Å². The van der Waals surface area contributed by atoms with Crippen LogP contribution in [0.5, 0.6) is 11.5 Å². The van der Waals surface area contributed by atoms with E-state index in [1.165, 1.54) is 0 Å². The average Bonchev–Trinajstić information content (AvgIpc) is 2.21. The SMILES string of the molecule is COc1cc(Br)cc(CC#N)c1OC(C)C. The maximum atomic E-state index is 8.77. The third-order valence-electron chi connectivity index (χ3n) is 1.94. The summed E-state index contributed by atoms with van der Waals surface area (Å²) in [6.07, 6.45) is 0.352. The van der Waals surface area contributed by atoms with E-state index >= 15 is 0 Å². The lowest BCUT2D eigenvalue weighted by atomic mass is 10.1. The van der Waals surface area contributed by atoms with Crippen molar-refractivity contribution in [2.24, 2.45) is 0 Å². The van der Waals surface area contributed by atoms with Gasteiger partial charge in [-0.2, -0.15) is 5.26 Å². The quantitative estimate of drug-likeness (QED) is 0.851. The third kappa shape index (κ3) is 3.14. The predicted molar refractivity (Wildman–Crippen MR) is 65.8 cm³/mol. The lowest BCUT2D eigenvalue weighted by Gasteiger charge is -2.16. The van der Waals surface area contributed by atoms with Gasteiger partial charge in [0.05, 0.1) is 25.7 Å². The Kier molecular flexibility index (Phi) is 4.63. The van der Waals surface area contributed by atoms with Crippen LogP contribution in [0, 0.1) is 11.3 Å². The molecule has 0 bridgehead atoms. The summed E-state index contributed by atoms with van der Waals surface area (Å²) >= 11 is 3.38. The second-order valence-corrected chi connectivity index (χ2v) is 4.51. The van der Waals surface area contributed by atoms with Crippen molar-refractivity contribution in [1.82, 2.24) is 0 Å². The van der Waals surface area contributed by atoms with Crippen LogP contribution < -0.4 is 9.47 Å². The van der Waals surface area contributed by atoms with Crippen LogP contribution in [0.25, 0.3) is 0 Å². The van der Waals surface area contributed by atoms with Crippen LogP contribution in [0.15, 0.2) is 16.6 Å². The molecule has 1 aromatic rings. The summed E-state index contributed by atoms with van der Waals surface area (Å²) in [4.78, 5) is 0. The van der Waals surface area contributed by atoms with Gasteiger partial charge in [-0.1, -0.05) is 15.9 Å². The monoisotopic (exact) mass is 283 g/mol. The molecule has 0 heterocycles. The molecule has 0 atom stereocenters. The van der Waals surface area contributed by atoms with Crippen LogP contribution in [-0.4, -0.2) is 13.2 Å². The van der Waals surface area contributed by atoms with Gasteiger partial charge >= 0.3 is 0 Å². The highest BCUT2D eigenvalue weighted by atomic mass is 79.9. The van der Waals surface area contributed by atoms with Gasteiger partial charge in [-0.3, -0.25) is 0 Å². The molecule has 0 fully saturated rings. The van der Waals surface area contributed by atoms with Crippen LogP contribution in [0.1, 0.15) is 19.4 Å². The smallest absolute Gasteiger partial charge is 0.165 e. The van der Waals surface area contributed by atoms with Gasteiger partial charge in [-0.15, -0.1) is 0 Å². The number of hydrogen-bond donors (Lipinski definition) is 0. The minimum Gasteiger partial charge on any atom is -0.493 e. The van der Waals surface area contributed by atoms with Gasteiger partial charge < -0.3 is 9.47 Å². The first-order chi connectivity index (χ1) is 7.58. The molecule has 0 N–H and O–H groups in total. The van der Waals surface area contributed by atoms with Crippen molar-refractivity contribution in [2.75, 3.05) is 7.11 Å². The van der Waals surface area contributed by atoms with E-state index in [0.29, 0.717) is 17.9 Å². The van der Waals surface area contributed by atoms with E-state index in [9.17, 15) is 0 Å². The molecule has 0 amide bonds. The zero-order valence-electron chi connectivity index (χ0n) is 9.58. The maximum absolute atomic E-state index is 8.77. The maximum Gasteiger partial charge on any atom is 0.165 e.